The summed E-state index contributed by atoms with van der Waals surface area (Å²) < 4.78 is 6.25. The number of halogens is 1. The van der Waals surface area contributed by atoms with Gasteiger partial charge in [-0.2, -0.15) is 5.10 Å². The Morgan fingerprint density at radius 3 is 2.84 bits per heavy atom. The molecule has 0 bridgehead atoms. The summed E-state index contributed by atoms with van der Waals surface area (Å²) in [4.78, 5) is 11.8. The summed E-state index contributed by atoms with van der Waals surface area (Å²) in [5.41, 5.74) is 2.94. The largest absolute Gasteiger partial charge is 0.507 e. The SMILES string of the molecule is O=C(COc1cccc(Br)c1)NN=Cc1c(O)ccc2ccccc12. The first kappa shape index (κ1) is 17.0. The second-order valence-electron chi connectivity index (χ2n) is 5.26. The molecule has 0 aliphatic carbocycles. The van der Waals surface area contributed by atoms with Gasteiger partial charge in [0, 0.05) is 10.0 Å². The van der Waals surface area contributed by atoms with Crippen LogP contribution in [-0.4, -0.2) is 23.8 Å². The smallest absolute Gasteiger partial charge is 0.277 e. The topological polar surface area (TPSA) is 70.9 Å². The van der Waals surface area contributed by atoms with Crippen molar-refractivity contribution in [2.75, 3.05) is 6.61 Å². The van der Waals surface area contributed by atoms with E-state index in [1.807, 2.05) is 42.5 Å². The van der Waals surface area contributed by atoms with E-state index in [0.29, 0.717) is 11.3 Å². The molecule has 0 fully saturated rings. The lowest BCUT2D eigenvalue weighted by atomic mass is 10.0. The summed E-state index contributed by atoms with van der Waals surface area (Å²) in [5.74, 6) is 0.290. The van der Waals surface area contributed by atoms with Crippen LogP contribution in [0.5, 0.6) is 11.5 Å². The fourth-order valence-electron chi connectivity index (χ4n) is 2.33. The molecule has 5 nitrogen and oxygen atoms in total. The molecule has 6 heteroatoms. The maximum absolute atomic E-state index is 11.8. The normalized spacial score (nSPS) is 10.9. The third-order valence-corrected chi connectivity index (χ3v) is 3.99. The molecule has 2 N–H and O–H groups in total. The zero-order chi connectivity index (χ0) is 17.6. The average molecular weight is 399 g/mol. The van der Waals surface area contributed by atoms with Crippen molar-refractivity contribution in [1.82, 2.24) is 5.43 Å². The first-order valence-corrected chi connectivity index (χ1v) is 8.34. The van der Waals surface area contributed by atoms with Crippen LogP contribution in [0.15, 0.2) is 70.2 Å². The number of ether oxygens (including phenoxy) is 1. The lowest BCUT2D eigenvalue weighted by Crippen LogP contribution is -2.24. The highest BCUT2D eigenvalue weighted by Gasteiger charge is 2.05. The number of phenolic OH excluding ortho intramolecular Hbond substituents is 1. The van der Waals surface area contributed by atoms with Gasteiger partial charge in [0.05, 0.1) is 6.21 Å². The molecule has 0 aliphatic rings. The molecule has 126 valence electrons. The highest BCUT2D eigenvalue weighted by Crippen LogP contribution is 2.25. The molecule has 0 aliphatic heterocycles. The van der Waals surface area contributed by atoms with E-state index < -0.39 is 5.91 Å². The summed E-state index contributed by atoms with van der Waals surface area (Å²) in [6.07, 6.45) is 1.43. The summed E-state index contributed by atoms with van der Waals surface area (Å²) in [6.45, 7) is -0.157. The van der Waals surface area contributed by atoms with Gasteiger partial charge in [0.25, 0.3) is 5.91 Å². The van der Waals surface area contributed by atoms with Gasteiger partial charge in [0.1, 0.15) is 11.5 Å². The summed E-state index contributed by atoms with van der Waals surface area (Å²) in [7, 11) is 0. The number of amides is 1. The molecule has 0 atom stereocenters. The average Bonchev–Trinajstić information content (AvgIpc) is 2.62. The standard InChI is InChI=1S/C19H15BrN2O3/c20-14-5-3-6-15(10-14)25-12-19(24)22-21-11-17-16-7-2-1-4-13(16)8-9-18(17)23/h1-11,23H,12H2,(H,22,24). The van der Waals surface area contributed by atoms with Gasteiger partial charge < -0.3 is 9.84 Å². The zero-order valence-corrected chi connectivity index (χ0v) is 14.7. The Labute approximate surface area is 153 Å². The van der Waals surface area contributed by atoms with E-state index >= 15 is 0 Å². The van der Waals surface area contributed by atoms with Crippen molar-refractivity contribution < 1.29 is 14.6 Å². The minimum absolute atomic E-state index is 0.0992. The number of hydrogen-bond donors (Lipinski definition) is 2. The van der Waals surface area contributed by atoms with E-state index in [-0.39, 0.29) is 12.4 Å². The molecule has 0 heterocycles. The number of phenols is 1. The van der Waals surface area contributed by atoms with Gasteiger partial charge in [-0.25, -0.2) is 5.43 Å². The number of rotatable bonds is 5. The predicted octanol–water partition coefficient (Wildman–Crippen LogP) is 3.84. The molecule has 0 aromatic heterocycles. The Morgan fingerprint density at radius 1 is 1.16 bits per heavy atom. The molecule has 0 unspecified atom stereocenters. The van der Waals surface area contributed by atoms with E-state index in [4.69, 9.17) is 4.74 Å². The van der Waals surface area contributed by atoms with Gasteiger partial charge in [-0.1, -0.05) is 52.3 Å². The van der Waals surface area contributed by atoms with Gasteiger partial charge >= 0.3 is 0 Å². The molecule has 0 saturated carbocycles. The van der Waals surface area contributed by atoms with Crippen molar-refractivity contribution in [2.24, 2.45) is 5.10 Å². The number of nitrogens with one attached hydrogen (secondary N) is 1. The zero-order valence-electron chi connectivity index (χ0n) is 13.1. The lowest BCUT2D eigenvalue weighted by Gasteiger charge is -2.06. The van der Waals surface area contributed by atoms with E-state index in [9.17, 15) is 9.90 Å². The highest BCUT2D eigenvalue weighted by atomic mass is 79.9. The third-order valence-electron chi connectivity index (χ3n) is 3.50. The first-order chi connectivity index (χ1) is 12.1. The van der Waals surface area contributed by atoms with Crippen molar-refractivity contribution in [2.45, 2.75) is 0 Å². The van der Waals surface area contributed by atoms with Gasteiger partial charge in [0.2, 0.25) is 0 Å². The van der Waals surface area contributed by atoms with Gasteiger partial charge in [0.15, 0.2) is 6.61 Å². The quantitative estimate of drug-likeness (QED) is 0.506. The Balaban J connectivity index is 1.63. The number of carbonyl (C=O) groups is 1. The second kappa shape index (κ2) is 7.81. The third kappa shape index (κ3) is 4.36. The molecule has 0 saturated heterocycles. The number of aromatic hydroxyl groups is 1. The van der Waals surface area contributed by atoms with Crippen molar-refractivity contribution in [3.8, 4) is 11.5 Å². The summed E-state index contributed by atoms with van der Waals surface area (Å²) in [5, 5.41) is 15.8. The van der Waals surface area contributed by atoms with Gasteiger partial charge in [-0.05, 0) is 35.0 Å². The molecule has 3 aromatic rings. The van der Waals surface area contributed by atoms with Crippen LogP contribution in [0.3, 0.4) is 0 Å². The Hall–Kier alpha value is -2.86. The molecule has 3 aromatic carbocycles. The summed E-state index contributed by atoms with van der Waals surface area (Å²) >= 11 is 3.34. The van der Waals surface area contributed by atoms with Crippen LogP contribution in [0.25, 0.3) is 10.8 Å². The van der Waals surface area contributed by atoms with Gasteiger partial charge in [-0.15, -0.1) is 0 Å². The van der Waals surface area contributed by atoms with Crippen LogP contribution < -0.4 is 10.2 Å². The Bertz CT molecular complexity index is 941. The molecule has 25 heavy (non-hydrogen) atoms. The number of benzene rings is 3. The first-order valence-electron chi connectivity index (χ1n) is 7.54. The molecule has 0 radical (unpaired) electrons. The molecular weight excluding hydrogens is 384 g/mol. The van der Waals surface area contributed by atoms with Crippen LogP contribution in [0.4, 0.5) is 0 Å². The summed E-state index contributed by atoms with van der Waals surface area (Å²) in [6, 6.07) is 18.3. The lowest BCUT2D eigenvalue weighted by molar-refractivity contribution is -0.123. The van der Waals surface area contributed by atoms with Crippen molar-refractivity contribution in [1.29, 1.82) is 0 Å². The minimum Gasteiger partial charge on any atom is -0.507 e. The fraction of sp³-hybridized carbons (Fsp3) is 0.0526. The molecular formula is C19H15BrN2O3. The Kier molecular flexibility index (Phi) is 5.30. The number of carbonyl (C=O) groups excluding carboxylic acids is 1. The van der Waals surface area contributed by atoms with E-state index in [1.54, 1.807) is 18.2 Å². The van der Waals surface area contributed by atoms with Crippen LogP contribution in [0, 0.1) is 0 Å². The van der Waals surface area contributed by atoms with Crippen LogP contribution in [0.2, 0.25) is 0 Å². The highest BCUT2D eigenvalue weighted by molar-refractivity contribution is 9.10. The van der Waals surface area contributed by atoms with Gasteiger partial charge in [-0.3, -0.25) is 4.79 Å². The van der Waals surface area contributed by atoms with E-state index in [1.165, 1.54) is 6.21 Å². The van der Waals surface area contributed by atoms with E-state index in [2.05, 4.69) is 26.5 Å². The predicted molar refractivity (Wildman–Crippen MR) is 101 cm³/mol. The van der Waals surface area contributed by atoms with Crippen LogP contribution in [-0.2, 0) is 4.79 Å². The van der Waals surface area contributed by atoms with E-state index in [0.717, 1.165) is 15.2 Å². The number of nitrogens with zero attached hydrogens (tertiary/aromatic N) is 1. The number of hydrogen-bond acceptors (Lipinski definition) is 4. The minimum atomic E-state index is -0.393. The molecule has 3 rings (SSSR count). The van der Waals surface area contributed by atoms with Crippen LogP contribution >= 0.6 is 15.9 Å². The molecule has 1 amide bonds. The second-order valence-corrected chi connectivity index (χ2v) is 6.17. The van der Waals surface area contributed by atoms with Crippen molar-refractivity contribution in [3.05, 3.63) is 70.7 Å². The number of hydrazone groups is 1. The maximum atomic E-state index is 11.8. The van der Waals surface area contributed by atoms with Crippen molar-refractivity contribution >= 4 is 38.8 Å². The fourth-order valence-corrected chi connectivity index (χ4v) is 2.70. The van der Waals surface area contributed by atoms with Crippen LogP contribution in [0.1, 0.15) is 5.56 Å². The monoisotopic (exact) mass is 398 g/mol. The van der Waals surface area contributed by atoms with Crippen molar-refractivity contribution in [3.63, 3.8) is 0 Å². The maximum Gasteiger partial charge on any atom is 0.277 e. The molecule has 0 spiro atoms. The number of fused-ring (bicyclic) bond motifs is 1. The Morgan fingerprint density at radius 2 is 2.00 bits per heavy atom.